The third-order valence-electron chi connectivity index (χ3n) is 3.51. The molecular formula is C14H14ClN. The highest BCUT2D eigenvalue weighted by Gasteiger charge is 2.22. The minimum absolute atomic E-state index is 0.625. The van der Waals surface area contributed by atoms with Gasteiger partial charge in [0.2, 0.25) is 0 Å². The second-order valence-electron chi connectivity index (χ2n) is 4.68. The van der Waals surface area contributed by atoms with Crippen molar-refractivity contribution in [1.29, 1.82) is 0 Å². The predicted molar refractivity (Wildman–Crippen MR) is 68.1 cm³/mol. The van der Waals surface area contributed by atoms with Gasteiger partial charge in [0, 0.05) is 5.39 Å². The fourth-order valence-electron chi connectivity index (χ4n) is 2.39. The molecule has 1 aromatic heterocycles. The van der Waals surface area contributed by atoms with Crippen molar-refractivity contribution in [3.63, 3.8) is 0 Å². The number of pyridine rings is 1. The Kier molecular flexibility index (Phi) is 2.36. The number of nitrogens with zero attached hydrogens (tertiary/aromatic N) is 1. The lowest BCUT2D eigenvalue weighted by atomic mass is 9.79. The quantitative estimate of drug-likeness (QED) is 0.660. The van der Waals surface area contributed by atoms with Gasteiger partial charge in [-0.15, -0.1) is 0 Å². The van der Waals surface area contributed by atoms with E-state index < -0.39 is 0 Å². The first-order valence-corrected chi connectivity index (χ1v) is 6.18. The molecule has 3 rings (SSSR count). The van der Waals surface area contributed by atoms with Crippen molar-refractivity contribution in [3.8, 4) is 0 Å². The first-order valence-electron chi connectivity index (χ1n) is 5.81. The van der Waals surface area contributed by atoms with Crippen molar-refractivity contribution in [2.24, 2.45) is 0 Å². The van der Waals surface area contributed by atoms with Gasteiger partial charge in [0.15, 0.2) is 0 Å². The topological polar surface area (TPSA) is 12.9 Å². The lowest BCUT2D eigenvalue weighted by molar-refractivity contribution is 0.422. The molecule has 16 heavy (non-hydrogen) atoms. The summed E-state index contributed by atoms with van der Waals surface area (Å²) >= 11 is 6.09. The summed E-state index contributed by atoms with van der Waals surface area (Å²) in [4.78, 5) is 4.40. The van der Waals surface area contributed by atoms with E-state index in [2.05, 4.69) is 30.1 Å². The summed E-state index contributed by atoms with van der Waals surface area (Å²) in [6.45, 7) is 2.09. The first kappa shape index (κ1) is 10.1. The third-order valence-corrected chi connectivity index (χ3v) is 3.70. The van der Waals surface area contributed by atoms with E-state index in [1.807, 2.05) is 6.07 Å². The zero-order valence-corrected chi connectivity index (χ0v) is 10.1. The lowest BCUT2D eigenvalue weighted by Crippen LogP contribution is -2.09. The van der Waals surface area contributed by atoms with Crippen LogP contribution in [0.15, 0.2) is 24.3 Å². The molecule has 0 spiro atoms. The standard InChI is InChI=1S/C14H14ClN/c1-9-5-6-11-12(10-3-2-4-10)8-14(15)16-13(11)7-9/h5-8,10H,2-4H2,1H3. The maximum Gasteiger partial charge on any atom is 0.130 e. The molecule has 82 valence electrons. The number of benzene rings is 1. The second-order valence-corrected chi connectivity index (χ2v) is 5.07. The zero-order chi connectivity index (χ0) is 11.1. The Morgan fingerprint density at radius 3 is 2.75 bits per heavy atom. The zero-order valence-electron chi connectivity index (χ0n) is 9.33. The van der Waals surface area contributed by atoms with E-state index in [9.17, 15) is 0 Å². The summed E-state index contributed by atoms with van der Waals surface area (Å²) in [6.07, 6.45) is 3.94. The largest absolute Gasteiger partial charge is 0.236 e. The monoisotopic (exact) mass is 231 g/mol. The van der Waals surface area contributed by atoms with Gasteiger partial charge in [0.05, 0.1) is 5.52 Å². The summed E-state index contributed by atoms with van der Waals surface area (Å²) in [5.41, 5.74) is 3.66. The molecule has 0 saturated heterocycles. The Hall–Kier alpha value is -1.08. The molecule has 2 heteroatoms. The van der Waals surface area contributed by atoms with Crippen molar-refractivity contribution in [2.45, 2.75) is 32.1 Å². The molecule has 0 bridgehead atoms. The highest BCUT2D eigenvalue weighted by molar-refractivity contribution is 6.30. The third kappa shape index (κ3) is 1.60. The number of hydrogen-bond acceptors (Lipinski definition) is 1. The highest BCUT2D eigenvalue weighted by atomic mass is 35.5. The Morgan fingerprint density at radius 2 is 2.06 bits per heavy atom. The molecule has 0 N–H and O–H groups in total. The summed E-state index contributed by atoms with van der Waals surface area (Å²) in [5, 5.41) is 1.90. The number of aryl methyl sites for hydroxylation is 1. The van der Waals surface area contributed by atoms with Gasteiger partial charge in [-0.3, -0.25) is 0 Å². The lowest BCUT2D eigenvalue weighted by Gasteiger charge is -2.27. The number of hydrogen-bond donors (Lipinski definition) is 0. The van der Waals surface area contributed by atoms with Crippen LogP contribution in [0, 0.1) is 6.92 Å². The van der Waals surface area contributed by atoms with Crippen molar-refractivity contribution in [1.82, 2.24) is 4.98 Å². The van der Waals surface area contributed by atoms with Crippen LogP contribution in [0.1, 0.15) is 36.3 Å². The smallest absolute Gasteiger partial charge is 0.130 e. The molecule has 1 aromatic carbocycles. The summed E-state index contributed by atoms with van der Waals surface area (Å²) in [7, 11) is 0. The number of aromatic nitrogens is 1. The van der Waals surface area contributed by atoms with Crippen LogP contribution < -0.4 is 0 Å². The van der Waals surface area contributed by atoms with E-state index >= 15 is 0 Å². The fraction of sp³-hybridized carbons (Fsp3) is 0.357. The van der Waals surface area contributed by atoms with Gasteiger partial charge in [-0.25, -0.2) is 4.98 Å². The van der Waals surface area contributed by atoms with Crippen LogP contribution in [-0.4, -0.2) is 4.98 Å². The van der Waals surface area contributed by atoms with Crippen LogP contribution in [0.25, 0.3) is 10.9 Å². The van der Waals surface area contributed by atoms with Crippen molar-refractivity contribution >= 4 is 22.5 Å². The van der Waals surface area contributed by atoms with Gasteiger partial charge in [0.25, 0.3) is 0 Å². The van der Waals surface area contributed by atoms with E-state index in [0.717, 1.165) is 5.52 Å². The van der Waals surface area contributed by atoms with Crippen LogP contribution in [-0.2, 0) is 0 Å². The van der Waals surface area contributed by atoms with Crippen LogP contribution in [0.5, 0.6) is 0 Å². The van der Waals surface area contributed by atoms with Gasteiger partial charge >= 0.3 is 0 Å². The predicted octanol–water partition coefficient (Wildman–Crippen LogP) is 4.46. The molecule has 0 unspecified atom stereocenters. The molecule has 0 amide bonds. The summed E-state index contributed by atoms with van der Waals surface area (Å²) < 4.78 is 0. The van der Waals surface area contributed by atoms with Crippen LogP contribution in [0.2, 0.25) is 5.15 Å². The van der Waals surface area contributed by atoms with Gasteiger partial charge in [-0.05, 0) is 48.9 Å². The van der Waals surface area contributed by atoms with E-state index in [1.54, 1.807) is 0 Å². The molecule has 1 saturated carbocycles. The van der Waals surface area contributed by atoms with Gasteiger partial charge < -0.3 is 0 Å². The molecular weight excluding hydrogens is 218 g/mol. The van der Waals surface area contributed by atoms with Crippen molar-refractivity contribution in [2.75, 3.05) is 0 Å². The van der Waals surface area contributed by atoms with Crippen molar-refractivity contribution in [3.05, 3.63) is 40.5 Å². The Labute approximate surface area is 100 Å². The maximum absolute atomic E-state index is 6.09. The maximum atomic E-state index is 6.09. The molecule has 1 aliphatic rings. The molecule has 1 aliphatic carbocycles. The van der Waals surface area contributed by atoms with E-state index in [0.29, 0.717) is 11.1 Å². The highest BCUT2D eigenvalue weighted by Crippen LogP contribution is 2.40. The van der Waals surface area contributed by atoms with Gasteiger partial charge in [0.1, 0.15) is 5.15 Å². The second kappa shape index (κ2) is 3.74. The molecule has 0 atom stereocenters. The van der Waals surface area contributed by atoms with Gasteiger partial charge in [-0.1, -0.05) is 30.2 Å². The van der Waals surface area contributed by atoms with Crippen molar-refractivity contribution < 1.29 is 0 Å². The SMILES string of the molecule is Cc1ccc2c(C3CCC3)cc(Cl)nc2c1. The fourth-order valence-corrected chi connectivity index (χ4v) is 2.60. The number of rotatable bonds is 1. The summed E-state index contributed by atoms with van der Waals surface area (Å²) in [5.74, 6) is 0.700. The van der Waals surface area contributed by atoms with Crippen LogP contribution in [0.3, 0.4) is 0 Å². The molecule has 0 radical (unpaired) electrons. The van der Waals surface area contributed by atoms with E-state index in [1.165, 1.54) is 35.8 Å². The molecule has 2 aromatic rings. The molecule has 1 heterocycles. The normalized spacial score (nSPS) is 16.4. The first-order chi connectivity index (χ1) is 7.74. The van der Waals surface area contributed by atoms with Crippen LogP contribution in [0.4, 0.5) is 0 Å². The average Bonchev–Trinajstić information content (AvgIpc) is 2.13. The molecule has 1 fully saturated rings. The molecule has 1 nitrogen and oxygen atoms in total. The summed E-state index contributed by atoms with van der Waals surface area (Å²) in [6, 6.07) is 8.49. The average molecular weight is 232 g/mol. The molecule has 0 aliphatic heterocycles. The minimum Gasteiger partial charge on any atom is -0.236 e. The Bertz CT molecular complexity index is 538. The minimum atomic E-state index is 0.625. The van der Waals surface area contributed by atoms with Crippen LogP contribution >= 0.6 is 11.6 Å². The number of halogens is 1. The Balaban J connectivity index is 2.25. The van der Waals surface area contributed by atoms with E-state index in [-0.39, 0.29) is 0 Å². The Morgan fingerprint density at radius 1 is 1.25 bits per heavy atom. The van der Waals surface area contributed by atoms with E-state index in [4.69, 9.17) is 11.6 Å². The number of fused-ring (bicyclic) bond motifs is 1. The van der Waals surface area contributed by atoms with Gasteiger partial charge in [-0.2, -0.15) is 0 Å².